The molecule has 1 saturated heterocycles. The van der Waals surface area contributed by atoms with Gasteiger partial charge in [0, 0.05) is 24.5 Å². The minimum absolute atomic E-state index is 0.0677. The van der Waals surface area contributed by atoms with Crippen LogP contribution in [-0.4, -0.2) is 38.7 Å². The fourth-order valence-electron chi connectivity index (χ4n) is 3.70. The minimum atomic E-state index is -0.678. The Morgan fingerprint density at radius 3 is 2.86 bits per heavy atom. The van der Waals surface area contributed by atoms with Crippen LogP contribution >= 0.6 is 0 Å². The van der Waals surface area contributed by atoms with Crippen molar-refractivity contribution in [1.82, 2.24) is 9.47 Å². The Morgan fingerprint density at radius 2 is 2.14 bits per heavy atom. The minimum Gasteiger partial charge on any atom is -0.388 e. The first kappa shape index (κ1) is 13.8. The molecule has 1 aliphatic carbocycles. The third-order valence-electron chi connectivity index (χ3n) is 5.12. The monoisotopic (exact) mass is 302 g/mol. The summed E-state index contributed by atoms with van der Waals surface area (Å²) in [5.41, 5.74) is 0.713. The number of hydrogen-bond acceptors (Lipinski definition) is 2. The van der Waals surface area contributed by atoms with E-state index in [2.05, 4.69) is 0 Å². The number of halogens is 1. The van der Waals surface area contributed by atoms with Crippen molar-refractivity contribution in [3.8, 4) is 0 Å². The van der Waals surface area contributed by atoms with Crippen LogP contribution in [0.4, 0.5) is 4.39 Å². The van der Waals surface area contributed by atoms with Crippen LogP contribution in [0, 0.1) is 5.82 Å². The second-order valence-corrected chi connectivity index (χ2v) is 6.55. The lowest BCUT2D eigenvalue weighted by atomic mass is 10.1. The number of aryl methyl sites for hydroxylation is 1. The highest BCUT2D eigenvalue weighted by molar-refractivity contribution is 5.99. The molecule has 1 aromatic heterocycles. The summed E-state index contributed by atoms with van der Waals surface area (Å²) in [6, 6.07) is 6.21. The first-order valence-corrected chi connectivity index (χ1v) is 7.78. The largest absolute Gasteiger partial charge is 0.388 e. The highest BCUT2D eigenvalue weighted by atomic mass is 19.1. The van der Waals surface area contributed by atoms with E-state index >= 15 is 0 Å². The molecule has 4 rings (SSSR count). The number of benzene rings is 1. The second-order valence-electron chi connectivity index (χ2n) is 6.55. The van der Waals surface area contributed by atoms with Gasteiger partial charge in [0.2, 0.25) is 0 Å². The summed E-state index contributed by atoms with van der Waals surface area (Å²) in [5, 5.41) is 11.1. The number of likely N-dealkylation sites (tertiary alicyclic amines) is 1. The average Bonchev–Trinajstić information content (AvgIpc) is 2.95. The average molecular weight is 302 g/mol. The summed E-state index contributed by atoms with van der Waals surface area (Å²) in [7, 11) is 1.82. The quantitative estimate of drug-likeness (QED) is 0.926. The molecule has 1 atom stereocenters. The van der Waals surface area contributed by atoms with Gasteiger partial charge in [-0.05, 0) is 49.9 Å². The third-order valence-corrected chi connectivity index (χ3v) is 5.12. The lowest BCUT2D eigenvalue weighted by molar-refractivity contribution is 0.0380. The van der Waals surface area contributed by atoms with E-state index in [9.17, 15) is 14.3 Å². The lowest BCUT2D eigenvalue weighted by Crippen LogP contribution is -2.44. The maximum atomic E-state index is 13.4. The molecule has 0 bridgehead atoms. The SMILES string of the molecule is Cn1c(C(=O)N2CCCC2C2(O)CC2)cc2cc(F)ccc21. The zero-order valence-electron chi connectivity index (χ0n) is 12.6. The Bertz CT molecular complexity index is 763. The van der Waals surface area contributed by atoms with Gasteiger partial charge in [-0.25, -0.2) is 4.39 Å². The van der Waals surface area contributed by atoms with Crippen LogP contribution in [0.1, 0.15) is 36.2 Å². The van der Waals surface area contributed by atoms with Crippen LogP contribution < -0.4 is 0 Å². The molecule has 5 heteroatoms. The molecule has 1 aliphatic heterocycles. The van der Waals surface area contributed by atoms with Crippen molar-refractivity contribution >= 4 is 16.8 Å². The van der Waals surface area contributed by atoms with E-state index in [-0.39, 0.29) is 17.8 Å². The van der Waals surface area contributed by atoms with E-state index in [0.717, 1.165) is 36.6 Å². The highest BCUT2D eigenvalue weighted by Crippen LogP contribution is 2.45. The Labute approximate surface area is 128 Å². The molecule has 2 aliphatic rings. The number of nitrogens with zero attached hydrogens (tertiary/aromatic N) is 2. The van der Waals surface area contributed by atoms with Crippen molar-refractivity contribution in [2.75, 3.05) is 6.54 Å². The van der Waals surface area contributed by atoms with Gasteiger partial charge in [-0.15, -0.1) is 0 Å². The molecular weight excluding hydrogens is 283 g/mol. The topological polar surface area (TPSA) is 45.5 Å². The number of aromatic nitrogens is 1. The predicted octanol–water partition coefficient (Wildman–Crippen LogP) is 2.45. The van der Waals surface area contributed by atoms with Crippen molar-refractivity contribution in [1.29, 1.82) is 0 Å². The maximum absolute atomic E-state index is 13.4. The molecule has 1 unspecified atom stereocenters. The molecule has 4 nitrogen and oxygen atoms in total. The van der Waals surface area contributed by atoms with Gasteiger partial charge in [0.15, 0.2) is 0 Å². The highest BCUT2D eigenvalue weighted by Gasteiger charge is 2.52. The fraction of sp³-hybridized carbons (Fsp3) is 0.471. The number of aliphatic hydroxyl groups is 1. The molecule has 2 fully saturated rings. The van der Waals surface area contributed by atoms with Crippen LogP contribution in [0.25, 0.3) is 10.9 Å². The molecule has 1 saturated carbocycles. The van der Waals surface area contributed by atoms with Crippen molar-refractivity contribution in [2.45, 2.75) is 37.3 Å². The van der Waals surface area contributed by atoms with Gasteiger partial charge in [-0.1, -0.05) is 0 Å². The molecular formula is C17H19FN2O2. The van der Waals surface area contributed by atoms with Gasteiger partial charge in [0.1, 0.15) is 11.5 Å². The number of carbonyl (C=O) groups excluding carboxylic acids is 1. The van der Waals surface area contributed by atoms with E-state index in [1.165, 1.54) is 12.1 Å². The summed E-state index contributed by atoms with van der Waals surface area (Å²) < 4.78 is 15.2. The molecule has 2 heterocycles. The Morgan fingerprint density at radius 1 is 1.36 bits per heavy atom. The van der Waals surface area contributed by atoms with Crippen LogP contribution in [0.2, 0.25) is 0 Å². The van der Waals surface area contributed by atoms with Crippen molar-refractivity contribution < 1.29 is 14.3 Å². The van der Waals surface area contributed by atoms with Crippen LogP contribution in [-0.2, 0) is 7.05 Å². The summed E-state index contributed by atoms with van der Waals surface area (Å²) in [4.78, 5) is 14.7. The summed E-state index contributed by atoms with van der Waals surface area (Å²) in [5.74, 6) is -0.370. The zero-order valence-corrected chi connectivity index (χ0v) is 12.6. The van der Waals surface area contributed by atoms with E-state index in [4.69, 9.17) is 0 Å². The molecule has 22 heavy (non-hydrogen) atoms. The molecule has 1 amide bonds. The second kappa shape index (κ2) is 4.56. The molecule has 2 aromatic rings. The van der Waals surface area contributed by atoms with Crippen molar-refractivity contribution in [3.63, 3.8) is 0 Å². The molecule has 1 aromatic carbocycles. The first-order chi connectivity index (χ1) is 10.5. The molecule has 1 N–H and O–H groups in total. The van der Waals surface area contributed by atoms with Gasteiger partial charge in [-0.3, -0.25) is 4.79 Å². The number of fused-ring (bicyclic) bond motifs is 1. The van der Waals surface area contributed by atoms with Crippen LogP contribution in [0.15, 0.2) is 24.3 Å². The normalized spacial score (nSPS) is 23.2. The van der Waals surface area contributed by atoms with Crippen LogP contribution in [0.5, 0.6) is 0 Å². The van der Waals surface area contributed by atoms with Crippen LogP contribution in [0.3, 0.4) is 0 Å². The van der Waals surface area contributed by atoms with E-state index in [0.29, 0.717) is 12.2 Å². The predicted molar refractivity (Wildman–Crippen MR) is 81.1 cm³/mol. The third kappa shape index (κ3) is 1.96. The Hall–Kier alpha value is -1.88. The smallest absolute Gasteiger partial charge is 0.270 e. The number of amides is 1. The lowest BCUT2D eigenvalue weighted by Gasteiger charge is -2.28. The van der Waals surface area contributed by atoms with Crippen molar-refractivity contribution in [3.05, 3.63) is 35.8 Å². The molecule has 0 spiro atoms. The van der Waals surface area contributed by atoms with Crippen molar-refractivity contribution in [2.24, 2.45) is 7.05 Å². The maximum Gasteiger partial charge on any atom is 0.270 e. The summed E-state index contributed by atoms with van der Waals surface area (Å²) in [6.07, 6.45) is 3.35. The first-order valence-electron chi connectivity index (χ1n) is 7.78. The number of rotatable bonds is 2. The fourth-order valence-corrected chi connectivity index (χ4v) is 3.70. The number of hydrogen-bond donors (Lipinski definition) is 1. The molecule has 0 radical (unpaired) electrons. The van der Waals surface area contributed by atoms with E-state index in [1.807, 2.05) is 11.6 Å². The number of carbonyl (C=O) groups is 1. The van der Waals surface area contributed by atoms with Gasteiger partial charge in [-0.2, -0.15) is 0 Å². The Balaban J connectivity index is 1.72. The van der Waals surface area contributed by atoms with Gasteiger partial charge in [0.25, 0.3) is 5.91 Å². The van der Waals surface area contributed by atoms with Gasteiger partial charge >= 0.3 is 0 Å². The Kier molecular flexibility index (Phi) is 2.85. The summed E-state index contributed by atoms with van der Waals surface area (Å²) >= 11 is 0. The van der Waals surface area contributed by atoms with E-state index < -0.39 is 5.60 Å². The van der Waals surface area contributed by atoms with E-state index in [1.54, 1.807) is 17.0 Å². The standard InChI is InChI=1S/C17H19FN2O2/c1-19-13-5-4-12(18)9-11(13)10-14(19)16(21)20-8-2-3-15(20)17(22)6-7-17/h4-5,9-10,15,22H,2-3,6-8H2,1H3. The van der Waals surface area contributed by atoms with Gasteiger partial charge in [0.05, 0.1) is 11.6 Å². The van der Waals surface area contributed by atoms with Gasteiger partial charge < -0.3 is 14.6 Å². The molecule has 116 valence electrons. The summed E-state index contributed by atoms with van der Waals surface area (Å²) in [6.45, 7) is 0.682. The zero-order chi connectivity index (χ0) is 15.5.